The maximum absolute atomic E-state index is 4.00. The number of hydrogen-bond donors (Lipinski definition) is 1. The maximum atomic E-state index is 4.00. The third-order valence-corrected chi connectivity index (χ3v) is 11.6. The molecule has 0 saturated heterocycles. The van der Waals surface area contributed by atoms with Crippen molar-refractivity contribution >= 4 is 88.9 Å². The number of rotatable bonds is 1. The first kappa shape index (κ1) is 23.8. The molecule has 0 fully saturated rings. The van der Waals surface area contributed by atoms with Crippen LogP contribution in [-0.4, -0.2) is 16.7 Å². The van der Waals surface area contributed by atoms with Crippen LogP contribution in [0.15, 0.2) is 115 Å². The lowest BCUT2D eigenvalue weighted by molar-refractivity contribution is 0.667. The van der Waals surface area contributed by atoms with E-state index >= 15 is 0 Å². The summed E-state index contributed by atoms with van der Waals surface area (Å²) in [6.07, 6.45) is 0. The summed E-state index contributed by atoms with van der Waals surface area (Å²) in [6.45, 7) is 4.89. The van der Waals surface area contributed by atoms with Gasteiger partial charge in [-0.25, -0.2) is 0 Å². The van der Waals surface area contributed by atoms with Gasteiger partial charge in [-0.3, -0.25) is 0 Å². The van der Waals surface area contributed by atoms with Crippen LogP contribution in [-0.2, 0) is 5.41 Å². The first-order valence-corrected chi connectivity index (χ1v) is 16.4. The van der Waals surface area contributed by atoms with Crippen LogP contribution in [0.1, 0.15) is 25.0 Å². The molecule has 7 aromatic carbocycles. The van der Waals surface area contributed by atoms with Gasteiger partial charge in [0.2, 0.25) is 0 Å². The van der Waals surface area contributed by atoms with E-state index in [0.717, 1.165) is 7.28 Å². The number of nitrogens with zero attached hydrogens (tertiary/aromatic N) is 1. The molecular weight excluding hydrogens is 555 g/mol. The normalized spacial score (nSPS) is 14.7. The number of fused-ring (bicyclic) bond motifs is 11. The van der Waals surface area contributed by atoms with E-state index in [-0.39, 0.29) is 5.41 Å². The second-order valence-electron chi connectivity index (χ2n) is 14.1. The zero-order valence-electron chi connectivity index (χ0n) is 25.6. The molecule has 4 heterocycles. The van der Waals surface area contributed by atoms with E-state index in [1.807, 2.05) is 0 Å². The molecule has 1 N–H and O–H groups in total. The van der Waals surface area contributed by atoms with Crippen LogP contribution in [0.5, 0.6) is 0 Å². The predicted octanol–water partition coefficient (Wildman–Crippen LogP) is 9.30. The molecule has 212 valence electrons. The van der Waals surface area contributed by atoms with Crippen LogP contribution in [0.3, 0.4) is 0 Å². The molecule has 0 radical (unpaired) electrons. The lowest BCUT2D eigenvalue weighted by atomic mass is 9.58. The fourth-order valence-corrected chi connectivity index (χ4v) is 9.86. The van der Waals surface area contributed by atoms with E-state index in [0.29, 0.717) is 0 Å². The average Bonchev–Trinajstić information content (AvgIpc) is 3.81. The lowest BCUT2D eigenvalue weighted by Gasteiger charge is -2.26. The fourth-order valence-electron chi connectivity index (χ4n) is 9.86. The molecule has 12 rings (SSSR count). The van der Waals surface area contributed by atoms with E-state index in [4.69, 9.17) is 0 Å². The highest BCUT2D eigenvalue weighted by Crippen LogP contribution is 2.57. The molecule has 0 amide bonds. The zero-order valence-corrected chi connectivity index (χ0v) is 25.6. The monoisotopic (exact) mass is 582 g/mol. The molecule has 3 heteroatoms. The molecule has 0 bridgehead atoms. The van der Waals surface area contributed by atoms with Crippen molar-refractivity contribution in [2.75, 3.05) is 0 Å². The number of para-hydroxylation sites is 3. The Morgan fingerprint density at radius 2 is 1.24 bits per heavy atom. The van der Waals surface area contributed by atoms with Gasteiger partial charge in [0.25, 0.3) is 0 Å². The van der Waals surface area contributed by atoms with Crippen LogP contribution in [0.4, 0.5) is 0 Å². The van der Waals surface area contributed by atoms with Crippen LogP contribution in [0.25, 0.3) is 92.9 Å². The summed E-state index contributed by atoms with van der Waals surface area (Å²) < 4.78 is 2.64. The Balaban J connectivity index is 1.36. The molecule has 1 aliphatic carbocycles. The Hall–Kier alpha value is -5.54. The Kier molecular flexibility index (Phi) is 3.95. The number of nitrogens with one attached hydrogen (secondary N) is 1. The van der Waals surface area contributed by atoms with Crippen molar-refractivity contribution in [1.29, 1.82) is 0 Å². The molecule has 0 atom stereocenters. The van der Waals surface area contributed by atoms with Gasteiger partial charge in [-0.1, -0.05) is 135 Å². The minimum Gasteiger partial charge on any atom is -0.353 e. The number of aromatic nitrogens is 2. The largest absolute Gasteiger partial charge is 0.353 e. The van der Waals surface area contributed by atoms with Crippen molar-refractivity contribution in [2.24, 2.45) is 0 Å². The molecule has 2 nitrogen and oxygen atoms in total. The summed E-state index contributed by atoms with van der Waals surface area (Å²) >= 11 is 0. The fraction of sp³-hybridized carbons (Fsp3) is 0.0698. The van der Waals surface area contributed by atoms with Gasteiger partial charge in [-0.05, 0) is 38.7 Å². The van der Waals surface area contributed by atoms with E-state index in [1.165, 1.54) is 115 Å². The smallest absolute Gasteiger partial charge is 0.198 e. The number of benzene rings is 7. The molecule has 1 aliphatic heterocycles. The van der Waals surface area contributed by atoms with Crippen molar-refractivity contribution < 1.29 is 0 Å². The van der Waals surface area contributed by atoms with Gasteiger partial charge in [0.15, 0.2) is 7.28 Å². The molecular formula is C43H27BN2. The zero-order chi connectivity index (χ0) is 30.1. The molecule has 0 saturated carbocycles. The highest BCUT2D eigenvalue weighted by atomic mass is 14.9. The van der Waals surface area contributed by atoms with Crippen molar-refractivity contribution in [3.05, 3.63) is 126 Å². The van der Waals surface area contributed by atoms with Gasteiger partial charge >= 0.3 is 0 Å². The van der Waals surface area contributed by atoms with Gasteiger partial charge in [0, 0.05) is 59.7 Å². The summed E-state index contributed by atoms with van der Waals surface area (Å²) in [4.78, 5) is 4.00. The topological polar surface area (TPSA) is 20.2 Å². The quantitative estimate of drug-likeness (QED) is 0.186. The van der Waals surface area contributed by atoms with Crippen LogP contribution < -0.4 is 10.9 Å². The first-order valence-electron chi connectivity index (χ1n) is 16.4. The summed E-state index contributed by atoms with van der Waals surface area (Å²) in [5.41, 5.74) is 17.7. The molecule has 10 aromatic rings. The number of aromatic amines is 1. The minimum atomic E-state index is -0.141. The van der Waals surface area contributed by atoms with E-state index < -0.39 is 0 Å². The van der Waals surface area contributed by atoms with Crippen LogP contribution >= 0.6 is 0 Å². The third kappa shape index (κ3) is 2.48. The molecule has 0 unspecified atom stereocenters. The van der Waals surface area contributed by atoms with Crippen molar-refractivity contribution in [3.8, 4) is 22.3 Å². The molecule has 0 spiro atoms. The van der Waals surface area contributed by atoms with E-state index in [9.17, 15) is 0 Å². The first-order chi connectivity index (χ1) is 22.6. The molecule has 2 aliphatic rings. The Bertz CT molecular complexity index is 3030. The molecule has 3 aromatic heterocycles. The van der Waals surface area contributed by atoms with E-state index in [2.05, 4.69) is 138 Å². The van der Waals surface area contributed by atoms with Crippen molar-refractivity contribution in [1.82, 2.24) is 9.38 Å². The summed E-state index contributed by atoms with van der Waals surface area (Å²) in [6, 6.07) is 43.4. The Labute approximate surface area is 265 Å². The second kappa shape index (κ2) is 7.63. The van der Waals surface area contributed by atoms with Gasteiger partial charge in [0.05, 0.1) is 16.6 Å². The lowest BCUT2D eigenvalue weighted by Crippen LogP contribution is -2.35. The summed E-state index contributed by atoms with van der Waals surface area (Å²) in [5.74, 6) is 0. The Morgan fingerprint density at radius 3 is 2.17 bits per heavy atom. The van der Waals surface area contributed by atoms with Gasteiger partial charge in [0.1, 0.15) is 0 Å². The van der Waals surface area contributed by atoms with Gasteiger partial charge < -0.3 is 9.38 Å². The minimum absolute atomic E-state index is 0.141. The van der Waals surface area contributed by atoms with Gasteiger partial charge in [-0.15, -0.1) is 0 Å². The van der Waals surface area contributed by atoms with Crippen LogP contribution in [0, 0.1) is 0 Å². The average molecular weight is 583 g/mol. The summed E-state index contributed by atoms with van der Waals surface area (Å²) in [5, 5.41) is 10.7. The summed E-state index contributed by atoms with van der Waals surface area (Å²) in [7, 11) is 0.921. The van der Waals surface area contributed by atoms with Gasteiger partial charge in [-0.2, -0.15) is 0 Å². The Morgan fingerprint density at radius 1 is 0.543 bits per heavy atom. The highest BCUT2D eigenvalue weighted by Gasteiger charge is 2.42. The SMILES string of the molecule is CC1(C)c2ccccc2-c2c(-c3cccc4c3[nH]c3c5ccccc5ccc43)c3c4c(c21)c1cccc2c5cccc(c5n4c21)B3. The highest BCUT2D eigenvalue weighted by molar-refractivity contribution is 6.75. The van der Waals surface area contributed by atoms with Crippen molar-refractivity contribution in [3.63, 3.8) is 0 Å². The third-order valence-electron chi connectivity index (χ3n) is 11.6. The van der Waals surface area contributed by atoms with Crippen molar-refractivity contribution in [2.45, 2.75) is 19.3 Å². The maximum Gasteiger partial charge on any atom is 0.198 e. The molecule has 46 heavy (non-hydrogen) atoms. The number of H-pyrrole nitrogens is 1. The standard InChI is InChI=1S/C43H27BN2/c1-43(2)31-18-6-5-12-28(31)33-34(29-16-7-13-24-25-21-20-22-10-3-4-11-23(22)38(25)45-39(24)29)37-42-35(36(33)43)30-17-8-14-26-27-15-9-19-32(44-37)41(27)46(42)40(26)30/h3-21,44-45H,1-2H3. The number of hydrogen-bond acceptors (Lipinski definition) is 0. The van der Waals surface area contributed by atoms with Crippen LogP contribution in [0.2, 0.25) is 0 Å². The second-order valence-corrected chi connectivity index (χ2v) is 14.1. The van der Waals surface area contributed by atoms with E-state index in [1.54, 1.807) is 0 Å². The predicted molar refractivity (Wildman–Crippen MR) is 197 cm³/mol.